The first kappa shape index (κ1) is 39.8. The molecule has 0 aromatic heterocycles. The molecular weight excluding hydrogens is 667 g/mol. The Morgan fingerprint density at radius 2 is 0.756 bits per heavy atom. The van der Waals surface area contributed by atoms with E-state index in [4.69, 9.17) is 0 Å². The predicted molar refractivity (Wildman–Crippen MR) is 184 cm³/mol. The fraction of sp³-hybridized carbons (Fsp3) is 0.476. The van der Waals surface area contributed by atoms with E-state index in [0.717, 1.165) is 0 Å². The van der Waals surface area contributed by atoms with E-state index in [9.17, 15) is 0 Å². The van der Waals surface area contributed by atoms with E-state index in [0.29, 0.717) is 11.8 Å². The fourth-order valence-electron chi connectivity index (χ4n) is 7.31. The van der Waals surface area contributed by atoms with Gasteiger partial charge in [-0.1, -0.05) is 174 Å². The van der Waals surface area contributed by atoms with E-state index in [1.165, 1.54) is 138 Å². The standard InChI is InChI=1S/2C21H27.2ClH.Zr/c2*1-2-4-6-11-15-20-19(14-8-5-3-1)16-17-21(20)18-12-9-7-10-13-18;;;/h2*7,9-10,12-13,15-17,19H,1-6,8,11,14H2;2*1H;/q2*-1;;;+4/p-2. The average molecular weight is 721 g/mol. The maximum absolute atomic E-state index is 2.54. The van der Waals surface area contributed by atoms with Crippen LogP contribution in [0.2, 0.25) is 0 Å². The van der Waals surface area contributed by atoms with Gasteiger partial charge >= 0.3 is 26.2 Å². The molecule has 0 radical (unpaired) electrons. The quantitative estimate of drug-likeness (QED) is 0.303. The Morgan fingerprint density at radius 3 is 1.13 bits per heavy atom. The smallest absolute Gasteiger partial charge is 1.00 e. The molecule has 4 aliphatic carbocycles. The van der Waals surface area contributed by atoms with Gasteiger partial charge in [0.2, 0.25) is 0 Å². The fourth-order valence-corrected chi connectivity index (χ4v) is 7.31. The maximum Gasteiger partial charge on any atom is 4.00 e. The van der Waals surface area contributed by atoms with Crippen molar-refractivity contribution >= 4 is 11.1 Å². The van der Waals surface area contributed by atoms with Crippen molar-refractivity contribution < 1.29 is 51.0 Å². The molecule has 0 aliphatic heterocycles. The molecule has 2 saturated carbocycles. The minimum atomic E-state index is 0. The van der Waals surface area contributed by atoms with Gasteiger partial charge in [0.1, 0.15) is 0 Å². The zero-order valence-corrected chi connectivity index (χ0v) is 31.3. The van der Waals surface area contributed by atoms with Gasteiger partial charge in [-0.15, -0.1) is 25.0 Å². The molecular formula is C42H54Cl2Zr. The van der Waals surface area contributed by atoms with Gasteiger partial charge in [0.15, 0.2) is 0 Å². The maximum atomic E-state index is 2.54. The van der Waals surface area contributed by atoms with E-state index in [-0.39, 0.29) is 51.0 Å². The Labute approximate surface area is 307 Å². The predicted octanol–water partition coefficient (Wildman–Crippen LogP) is 6.72. The molecule has 0 nitrogen and oxygen atoms in total. The van der Waals surface area contributed by atoms with Crippen LogP contribution in [0.1, 0.15) is 127 Å². The summed E-state index contributed by atoms with van der Waals surface area (Å²) >= 11 is 0. The topological polar surface area (TPSA) is 0 Å². The molecule has 0 spiro atoms. The normalized spacial score (nSPS) is 22.3. The molecule has 2 aromatic carbocycles. The summed E-state index contributed by atoms with van der Waals surface area (Å²) in [7, 11) is 0. The minimum absolute atomic E-state index is 0. The molecule has 0 bridgehead atoms. The summed E-state index contributed by atoms with van der Waals surface area (Å²) in [6.45, 7) is 0. The summed E-state index contributed by atoms with van der Waals surface area (Å²) in [5.41, 5.74) is 8.91. The second-order valence-electron chi connectivity index (χ2n) is 12.9. The molecule has 0 N–H and O–H groups in total. The van der Waals surface area contributed by atoms with Crippen LogP contribution in [0.3, 0.4) is 0 Å². The van der Waals surface area contributed by atoms with Crippen molar-refractivity contribution in [2.24, 2.45) is 11.8 Å². The number of allylic oxidation sites excluding steroid dienone is 8. The Bertz CT molecular complexity index is 1100. The number of halogens is 2. The van der Waals surface area contributed by atoms with Crippen molar-refractivity contribution in [1.29, 1.82) is 0 Å². The van der Waals surface area contributed by atoms with Crippen LogP contribution in [-0.2, 0) is 26.2 Å². The molecule has 0 saturated heterocycles. The zero-order valence-electron chi connectivity index (χ0n) is 27.4. The summed E-state index contributed by atoms with van der Waals surface area (Å²) < 4.78 is 0. The van der Waals surface area contributed by atoms with Crippen LogP contribution in [0.15, 0.2) is 96.1 Å². The van der Waals surface area contributed by atoms with Crippen molar-refractivity contribution in [1.82, 2.24) is 0 Å². The number of fused-ring (bicyclic) bond motifs is 2. The Hall–Kier alpha value is -1.40. The van der Waals surface area contributed by atoms with Crippen LogP contribution in [0.5, 0.6) is 0 Å². The van der Waals surface area contributed by atoms with Gasteiger partial charge in [-0.05, 0) is 24.7 Å². The number of hydrogen-bond donors (Lipinski definition) is 0. The van der Waals surface area contributed by atoms with E-state index in [2.05, 4.69) is 97.8 Å². The minimum Gasteiger partial charge on any atom is -1.00 e. The van der Waals surface area contributed by atoms with Crippen LogP contribution in [0, 0.1) is 24.7 Å². The van der Waals surface area contributed by atoms with Crippen molar-refractivity contribution in [3.63, 3.8) is 0 Å². The van der Waals surface area contributed by atoms with Gasteiger partial charge in [-0.25, -0.2) is 12.8 Å². The summed E-state index contributed by atoms with van der Waals surface area (Å²) in [5.74, 6) is 1.33. The number of benzene rings is 2. The van der Waals surface area contributed by atoms with Crippen LogP contribution in [0.25, 0.3) is 11.1 Å². The first-order chi connectivity index (χ1) is 20.9. The average Bonchev–Trinajstić information content (AvgIpc) is 3.62. The molecule has 2 aromatic rings. The molecule has 0 heterocycles. The summed E-state index contributed by atoms with van der Waals surface area (Å²) in [5, 5.41) is 0. The Balaban J connectivity index is 0.000000294. The molecule has 2 unspecified atom stereocenters. The summed E-state index contributed by atoms with van der Waals surface area (Å²) in [4.78, 5) is 0. The molecule has 4 aliphatic rings. The monoisotopic (exact) mass is 718 g/mol. The van der Waals surface area contributed by atoms with E-state index >= 15 is 0 Å². The third-order valence-corrected chi connectivity index (χ3v) is 9.75. The molecule has 6 rings (SSSR count). The summed E-state index contributed by atoms with van der Waals surface area (Å²) in [6.07, 6.45) is 39.6. The van der Waals surface area contributed by atoms with Gasteiger partial charge in [0, 0.05) is 0 Å². The Morgan fingerprint density at radius 1 is 0.422 bits per heavy atom. The first-order valence-electron chi connectivity index (χ1n) is 17.5. The molecule has 45 heavy (non-hydrogen) atoms. The SMILES string of the molecule is C1=CC2CCCCCCCCC[CH-]C2=C1c1ccccc1.C1=CC2CCCCCCCCC[CH-]C2=C1c1ccccc1.[Cl-].[Cl-].[Zr+4]. The second kappa shape index (κ2) is 23.0. The second-order valence-corrected chi connectivity index (χ2v) is 12.9. The molecule has 240 valence electrons. The van der Waals surface area contributed by atoms with Crippen LogP contribution in [0.4, 0.5) is 0 Å². The zero-order chi connectivity index (χ0) is 28.7. The van der Waals surface area contributed by atoms with Crippen molar-refractivity contribution in [3.05, 3.63) is 120 Å². The molecule has 2 fully saturated rings. The van der Waals surface area contributed by atoms with E-state index in [1.54, 1.807) is 11.1 Å². The van der Waals surface area contributed by atoms with Crippen molar-refractivity contribution in [2.45, 2.75) is 116 Å². The Kier molecular flexibility index (Phi) is 20.3. The van der Waals surface area contributed by atoms with Gasteiger partial charge < -0.3 is 24.8 Å². The van der Waals surface area contributed by atoms with Gasteiger partial charge in [0.05, 0.1) is 0 Å². The van der Waals surface area contributed by atoms with Gasteiger partial charge in [-0.3, -0.25) is 0 Å². The molecule has 3 heteroatoms. The van der Waals surface area contributed by atoms with Crippen molar-refractivity contribution in [2.75, 3.05) is 0 Å². The van der Waals surface area contributed by atoms with Crippen LogP contribution >= 0.6 is 0 Å². The number of hydrogen-bond acceptors (Lipinski definition) is 0. The van der Waals surface area contributed by atoms with Crippen LogP contribution in [-0.4, -0.2) is 0 Å². The number of rotatable bonds is 2. The molecule has 2 atom stereocenters. The molecule has 0 amide bonds. The van der Waals surface area contributed by atoms with E-state index in [1.807, 2.05) is 0 Å². The van der Waals surface area contributed by atoms with E-state index < -0.39 is 0 Å². The third kappa shape index (κ3) is 12.6. The van der Waals surface area contributed by atoms with Gasteiger partial charge in [-0.2, -0.15) is 22.3 Å². The van der Waals surface area contributed by atoms with Crippen LogP contribution < -0.4 is 24.8 Å². The third-order valence-electron chi connectivity index (χ3n) is 9.75. The largest absolute Gasteiger partial charge is 4.00 e. The first-order valence-corrected chi connectivity index (χ1v) is 17.5. The summed E-state index contributed by atoms with van der Waals surface area (Å²) in [6, 6.07) is 21.8. The van der Waals surface area contributed by atoms with Gasteiger partial charge in [0.25, 0.3) is 0 Å². The van der Waals surface area contributed by atoms with Crippen molar-refractivity contribution in [3.8, 4) is 0 Å².